The molecule has 3 heteroatoms. The fourth-order valence-electron chi connectivity index (χ4n) is 2.81. The summed E-state index contributed by atoms with van der Waals surface area (Å²) in [5, 5.41) is 0. The smallest absolute Gasteiger partial charge is 0.0416 e. The molecule has 2 atom stereocenters. The quantitative estimate of drug-likeness (QED) is 0.754. The van der Waals surface area contributed by atoms with E-state index in [0.717, 1.165) is 37.5 Å². The number of nitrogens with zero attached hydrogens (tertiary/aromatic N) is 2. The van der Waals surface area contributed by atoms with E-state index in [1.807, 2.05) is 12.3 Å². The Bertz CT molecular complexity index is 360. The Morgan fingerprint density at radius 1 is 1.35 bits per heavy atom. The van der Waals surface area contributed by atoms with Gasteiger partial charge in [0.15, 0.2) is 0 Å². The van der Waals surface area contributed by atoms with Crippen LogP contribution in [0.5, 0.6) is 0 Å². The molecule has 0 saturated heterocycles. The van der Waals surface area contributed by atoms with E-state index in [9.17, 15) is 0 Å². The van der Waals surface area contributed by atoms with Crippen molar-refractivity contribution in [3.63, 3.8) is 0 Å². The summed E-state index contributed by atoms with van der Waals surface area (Å²) in [4.78, 5) is 6.86. The van der Waals surface area contributed by atoms with Gasteiger partial charge in [-0.2, -0.15) is 0 Å². The third-order valence-electron chi connectivity index (χ3n) is 4.70. The number of nitrogens with two attached hydrogens (primary N) is 1. The molecule has 0 radical (unpaired) electrons. The third kappa shape index (κ3) is 4.57. The summed E-state index contributed by atoms with van der Waals surface area (Å²) < 4.78 is 0. The molecule has 2 N–H and O–H groups in total. The van der Waals surface area contributed by atoms with Crippen molar-refractivity contribution in [2.24, 2.45) is 11.7 Å². The van der Waals surface area contributed by atoms with E-state index in [0.29, 0.717) is 0 Å². The largest absolute Gasteiger partial charge is 0.329 e. The van der Waals surface area contributed by atoms with Crippen LogP contribution in [0, 0.1) is 5.92 Å². The van der Waals surface area contributed by atoms with Crippen LogP contribution in [0.3, 0.4) is 0 Å². The first-order chi connectivity index (χ1) is 9.57. The molecule has 0 aliphatic rings. The second-order valence-corrected chi connectivity index (χ2v) is 5.99. The van der Waals surface area contributed by atoms with Crippen molar-refractivity contribution in [2.75, 3.05) is 20.1 Å². The summed E-state index contributed by atoms with van der Waals surface area (Å²) in [5.74, 6) is 0.718. The third-order valence-corrected chi connectivity index (χ3v) is 4.70. The van der Waals surface area contributed by atoms with E-state index in [4.69, 9.17) is 5.73 Å². The number of rotatable bonds is 9. The summed E-state index contributed by atoms with van der Waals surface area (Å²) in [7, 11) is 2.21. The molecule has 0 amide bonds. The van der Waals surface area contributed by atoms with Crippen molar-refractivity contribution >= 4 is 0 Å². The zero-order valence-corrected chi connectivity index (χ0v) is 13.6. The normalized spacial score (nSPS) is 16.1. The molecule has 1 heterocycles. The lowest BCUT2D eigenvalue weighted by Crippen LogP contribution is -2.53. The van der Waals surface area contributed by atoms with Gasteiger partial charge in [-0.25, -0.2) is 0 Å². The number of likely N-dealkylation sites (N-methyl/N-ethyl adjacent to an activating group) is 1. The van der Waals surface area contributed by atoms with Crippen LogP contribution < -0.4 is 5.73 Å². The molecule has 0 saturated carbocycles. The van der Waals surface area contributed by atoms with E-state index >= 15 is 0 Å². The summed E-state index contributed by atoms with van der Waals surface area (Å²) in [6.45, 7) is 8.58. The minimum Gasteiger partial charge on any atom is -0.329 e. The molecule has 0 fully saturated rings. The minimum absolute atomic E-state index is 0.129. The van der Waals surface area contributed by atoms with Crippen LogP contribution in [-0.4, -0.2) is 35.6 Å². The van der Waals surface area contributed by atoms with Crippen molar-refractivity contribution in [3.8, 4) is 0 Å². The molecule has 0 aromatic carbocycles. The average Bonchev–Trinajstić information content (AvgIpc) is 2.51. The molecule has 3 nitrogen and oxygen atoms in total. The van der Waals surface area contributed by atoms with Crippen LogP contribution in [0.1, 0.15) is 45.7 Å². The highest BCUT2D eigenvalue weighted by molar-refractivity contribution is 5.04. The van der Waals surface area contributed by atoms with Gasteiger partial charge in [0.05, 0.1) is 0 Å². The first-order valence-electron chi connectivity index (χ1n) is 7.89. The van der Waals surface area contributed by atoms with Crippen LogP contribution in [0.25, 0.3) is 0 Å². The molecular weight excluding hydrogens is 246 g/mol. The van der Waals surface area contributed by atoms with Crippen molar-refractivity contribution in [2.45, 2.75) is 52.0 Å². The van der Waals surface area contributed by atoms with Crippen LogP contribution in [0.4, 0.5) is 0 Å². The summed E-state index contributed by atoms with van der Waals surface area (Å²) in [6.07, 6.45) is 6.35. The van der Waals surface area contributed by atoms with E-state index in [2.05, 4.69) is 49.8 Å². The second-order valence-electron chi connectivity index (χ2n) is 5.99. The fraction of sp³-hybridized carbons (Fsp3) is 0.706. The number of hydrogen-bond donors (Lipinski definition) is 1. The van der Waals surface area contributed by atoms with E-state index in [1.54, 1.807) is 0 Å². The van der Waals surface area contributed by atoms with Gasteiger partial charge in [-0.1, -0.05) is 33.3 Å². The van der Waals surface area contributed by atoms with Crippen LogP contribution in [0.15, 0.2) is 24.4 Å². The van der Waals surface area contributed by atoms with Crippen molar-refractivity contribution in [1.29, 1.82) is 0 Å². The maximum atomic E-state index is 6.13. The zero-order chi connectivity index (χ0) is 15.0. The molecule has 0 aliphatic heterocycles. The highest BCUT2D eigenvalue weighted by Crippen LogP contribution is 2.27. The Kier molecular flexibility index (Phi) is 7.17. The van der Waals surface area contributed by atoms with Gasteiger partial charge in [-0.15, -0.1) is 0 Å². The van der Waals surface area contributed by atoms with E-state index in [-0.39, 0.29) is 5.54 Å². The Morgan fingerprint density at radius 2 is 2.10 bits per heavy atom. The van der Waals surface area contributed by atoms with Gasteiger partial charge in [0.2, 0.25) is 0 Å². The predicted molar refractivity (Wildman–Crippen MR) is 86.7 cm³/mol. The predicted octanol–water partition coefficient (Wildman–Crippen LogP) is 3.10. The summed E-state index contributed by atoms with van der Waals surface area (Å²) in [6, 6.07) is 6.11. The van der Waals surface area contributed by atoms with Gasteiger partial charge < -0.3 is 5.73 Å². The van der Waals surface area contributed by atoms with Crippen LogP contribution in [0.2, 0.25) is 0 Å². The molecule has 1 aromatic heterocycles. The number of aromatic nitrogens is 1. The Morgan fingerprint density at radius 3 is 2.60 bits per heavy atom. The van der Waals surface area contributed by atoms with Crippen LogP contribution in [-0.2, 0) is 6.42 Å². The molecule has 1 rings (SSSR count). The fourth-order valence-corrected chi connectivity index (χ4v) is 2.81. The molecular formula is C17H31N3. The number of pyridine rings is 1. The molecule has 0 spiro atoms. The lowest BCUT2D eigenvalue weighted by molar-refractivity contribution is 0.0935. The van der Waals surface area contributed by atoms with Gasteiger partial charge in [-0.05, 0) is 37.9 Å². The SMILES string of the molecule is CCC(C)CC(CC)(CN)N(C)CCc1ccccn1. The lowest BCUT2D eigenvalue weighted by atomic mass is 9.83. The molecule has 114 valence electrons. The van der Waals surface area contributed by atoms with Gasteiger partial charge in [-0.3, -0.25) is 9.88 Å². The topological polar surface area (TPSA) is 42.1 Å². The Balaban J connectivity index is 2.66. The highest BCUT2D eigenvalue weighted by atomic mass is 15.2. The highest BCUT2D eigenvalue weighted by Gasteiger charge is 2.32. The van der Waals surface area contributed by atoms with Gasteiger partial charge in [0, 0.05) is 36.9 Å². The van der Waals surface area contributed by atoms with Gasteiger partial charge in [0.25, 0.3) is 0 Å². The van der Waals surface area contributed by atoms with Gasteiger partial charge >= 0.3 is 0 Å². The summed E-state index contributed by atoms with van der Waals surface area (Å²) in [5.41, 5.74) is 7.42. The molecule has 0 aliphatic carbocycles. The molecule has 2 unspecified atom stereocenters. The van der Waals surface area contributed by atoms with E-state index < -0.39 is 0 Å². The monoisotopic (exact) mass is 277 g/mol. The number of hydrogen-bond acceptors (Lipinski definition) is 3. The molecule has 0 bridgehead atoms. The average molecular weight is 277 g/mol. The summed E-state index contributed by atoms with van der Waals surface area (Å²) >= 11 is 0. The second kappa shape index (κ2) is 8.38. The lowest BCUT2D eigenvalue weighted by Gasteiger charge is -2.42. The Hall–Kier alpha value is -0.930. The maximum absolute atomic E-state index is 6.13. The van der Waals surface area contributed by atoms with Gasteiger partial charge in [0.1, 0.15) is 0 Å². The first-order valence-corrected chi connectivity index (χ1v) is 7.89. The van der Waals surface area contributed by atoms with E-state index in [1.165, 1.54) is 12.8 Å². The standard InChI is InChI=1S/C17H31N3/c1-5-15(3)13-17(6-2,14-18)20(4)12-10-16-9-7-8-11-19-16/h7-9,11,15H,5-6,10,12-14,18H2,1-4H3. The van der Waals surface area contributed by atoms with Crippen molar-refractivity contribution in [1.82, 2.24) is 9.88 Å². The van der Waals surface area contributed by atoms with Crippen molar-refractivity contribution < 1.29 is 0 Å². The first kappa shape index (κ1) is 17.1. The zero-order valence-electron chi connectivity index (χ0n) is 13.6. The maximum Gasteiger partial charge on any atom is 0.0416 e. The molecule has 20 heavy (non-hydrogen) atoms. The molecule has 1 aromatic rings. The van der Waals surface area contributed by atoms with Crippen molar-refractivity contribution in [3.05, 3.63) is 30.1 Å². The minimum atomic E-state index is 0.129. The van der Waals surface area contributed by atoms with Crippen LogP contribution >= 0.6 is 0 Å². The Labute approximate surface area is 124 Å².